The number of hydrogen-bond donors (Lipinski definition) is 9. The zero-order chi connectivity index (χ0) is 84.0. The molecule has 8 aromatic heterocycles. The van der Waals surface area contributed by atoms with Crippen molar-refractivity contribution in [2.75, 3.05) is 109 Å². The van der Waals surface area contributed by atoms with E-state index < -0.39 is 92.9 Å². The third-order valence-corrected chi connectivity index (χ3v) is 19.6. The summed E-state index contributed by atoms with van der Waals surface area (Å²) in [5, 5.41) is 9.27. The molecule has 11 heterocycles. The minimum Gasteiger partial charge on any atom is -0.444 e. The van der Waals surface area contributed by atoms with Crippen molar-refractivity contribution in [3.8, 4) is 0 Å². The van der Waals surface area contributed by atoms with E-state index in [1.165, 1.54) is 85.5 Å². The average Bonchev–Trinajstić information content (AvgIpc) is 1.73. The predicted octanol–water partition coefficient (Wildman–Crippen LogP) is 14.5. The van der Waals surface area contributed by atoms with Gasteiger partial charge in [-0.05, 0) is 166 Å². The van der Waals surface area contributed by atoms with Gasteiger partial charge >= 0.3 is 24.6 Å². The molecule has 0 spiro atoms. The van der Waals surface area contributed by atoms with Gasteiger partial charge in [-0.2, -0.15) is 39.5 Å². The van der Waals surface area contributed by atoms with Crippen molar-refractivity contribution < 1.29 is 88.3 Å². The maximum atomic E-state index is 13.8. The molecule has 9 aromatic rings. The van der Waals surface area contributed by atoms with Crippen molar-refractivity contribution in [2.24, 2.45) is 29.2 Å². The maximum Gasteiger partial charge on any atom is 0.418 e. The number of nitrogens with two attached hydrogens (primary N) is 6. The number of aromatic nitrogens is 8. The van der Waals surface area contributed by atoms with Crippen molar-refractivity contribution in [3.05, 3.63) is 232 Å². The molecule has 36 heteroatoms. The van der Waals surface area contributed by atoms with E-state index >= 15 is 0 Å². The highest BCUT2D eigenvalue weighted by Gasteiger charge is 2.47. The molecule has 1 aliphatic carbocycles. The largest absolute Gasteiger partial charge is 0.444 e. The molecule has 15 N–H and O–H groups in total. The number of pyridine rings is 8. The number of alkyl halides is 9. The monoisotopic (exact) mass is 1630 g/mol. The summed E-state index contributed by atoms with van der Waals surface area (Å²) < 4.78 is 141. The van der Waals surface area contributed by atoms with Gasteiger partial charge in [-0.25, -0.2) is 49.1 Å². The number of ether oxygens (including phenoxy) is 1. The van der Waals surface area contributed by atoms with Gasteiger partial charge in [-0.1, -0.05) is 50.8 Å². The van der Waals surface area contributed by atoms with Crippen molar-refractivity contribution in [1.29, 1.82) is 0 Å². The van der Waals surface area contributed by atoms with Crippen LogP contribution < -0.4 is 60.2 Å². The van der Waals surface area contributed by atoms with Gasteiger partial charge in [0, 0.05) is 110 Å². The zero-order valence-electron chi connectivity index (χ0n) is 63.2. The summed E-state index contributed by atoms with van der Waals surface area (Å²) in [4.78, 5) is 101. The van der Waals surface area contributed by atoms with Crippen LogP contribution in [0.2, 0.25) is 0 Å². The highest BCUT2D eigenvalue weighted by atomic mass is 19.4. The molecule has 0 bridgehead atoms. The molecule has 1 aromatic carbocycles. The molecule has 26 nitrogen and oxygen atoms in total. The lowest BCUT2D eigenvalue weighted by Gasteiger charge is -2.38. The topological polar surface area (TPSA) is 400 Å². The van der Waals surface area contributed by atoms with E-state index in [4.69, 9.17) is 39.1 Å². The van der Waals surface area contributed by atoms with Gasteiger partial charge in [-0.3, -0.25) is 24.1 Å². The molecule has 4 fully saturated rings. The maximum absolute atomic E-state index is 13.8. The molecule has 634 valence electrons. The van der Waals surface area contributed by atoms with Crippen molar-refractivity contribution in [3.63, 3.8) is 0 Å². The highest BCUT2D eigenvalue weighted by molar-refractivity contribution is 6.14. The second-order valence-corrected chi connectivity index (χ2v) is 28.5. The molecule has 3 unspecified atom stereocenters. The SMILES string of the molecule is C=C(F)c1ccc(N2CCNCC2)nc1C(=O)c1cccnc1N.CC(C)C1OC(=O)N2CCN(c3ccc(C(F)(F)F)c(C(=O)c4cccnc4N)n3)CC12.CC(N)(CNc1ccc(C(F)(F)F)c(C(=O)c2cccnc2N)n1)Cc1ccccc1.NCC1CCC(CNc2ccc(C(F)(F)F)c(C(=O)c3cccnc3N)n2)CC1.[HH].[HH].[HH].[HH].[HH].[HH].[HH].[HH].[HH].[HH].[HH]. The standard InChI is InChI=1S/C22H22F3N5O.C21H22F3N5O3.C20H24F3N5O.C17H18FN5O.11H2/c1-21(27,12-14-6-3-2-4-7-14)13-29-17-10-9-16(22(23,24)25)18(30-17)19(31)15-8-5-11-28-20(15)26;1-11(2)18-14-10-28(8-9-29(14)20(31)32-18)15-6-5-13(21(22,23)24)16(27-15)17(30)12-4-3-7-26-19(12)25;21-20(22,23)15-7-8-16(27-11-13-5-3-12(10-24)4-6-13)28-17(15)18(29)14-2-1-9-26-19(14)25;1-11(18)12-4-5-14(23-9-7-20-8-10-23)22-15(12)16(24)13-3-2-6-21-17(13)19;;;;;;;;;;;/h2-11H,12-13,27H2,1H3,(H2,26,28)(H,29,30);3-7,11,14,18H,8-10H2,1-2H3,(H2,25,26);1-2,7-9,12-13H,3-6,10-11,24H2,(H2,25,26)(H,27,28);2-6,20H,1,7-10H2,(H2,19,21);11*1H. The normalized spacial score (nSPS) is 17.3. The number of benzene rings is 1. The molecule has 3 atom stereocenters. The van der Waals surface area contributed by atoms with Gasteiger partial charge in [0.05, 0.1) is 45.0 Å². The lowest BCUT2D eigenvalue weighted by atomic mass is 9.82. The average molecular weight is 1640 g/mol. The van der Waals surface area contributed by atoms with Crippen LogP contribution in [0, 0.1) is 17.8 Å². The number of ketones is 4. The van der Waals surface area contributed by atoms with Gasteiger partial charge in [-0.15, -0.1) is 0 Å². The van der Waals surface area contributed by atoms with E-state index in [0.29, 0.717) is 56.8 Å². The molecule has 0 radical (unpaired) electrons. The number of rotatable bonds is 21. The van der Waals surface area contributed by atoms with Crippen LogP contribution in [0.5, 0.6) is 0 Å². The molecule has 1 saturated carbocycles. The van der Waals surface area contributed by atoms with Gasteiger partial charge in [0.15, 0.2) is 0 Å². The molecule has 3 aliphatic heterocycles. The first-order chi connectivity index (χ1) is 55.0. The molecular formula is C80H108F10N20O6. The molecular weight excluding hydrogens is 1530 g/mol. The van der Waals surface area contributed by atoms with Crippen LogP contribution in [0.25, 0.3) is 5.83 Å². The Bertz CT molecular complexity index is 5060. The van der Waals surface area contributed by atoms with Crippen molar-refractivity contribution >= 4 is 81.6 Å². The lowest BCUT2D eigenvalue weighted by Crippen LogP contribution is -2.55. The summed E-state index contributed by atoms with van der Waals surface area (Å²) in [5.74, 6) is -2.20. The molecule has 4 aliphatic rings. The highest BCUT2D eigenvalue weighted by Crippen LogP contribution is 2.39. The zero-order valence-corrected chi connectivity index (χ0v) is 63.2. The Morgan fingerprint density at radius 3 is 1.41 bits per heavy atom. The number of carbonyl (C=O) groups excluding carboxylic acids is 5. The minimum atomic E-state index is -4.78. The van der Waals surface area contributed by atoms with Crippen LogP contribution in [-0.2, 0) is 29.7 Å². The third-order valence-electron chi connectivity index (χ3n) is 19.6. The summed E-state index contributed by atoms with van der Waals surface area (Å²) in [6.45, 7) is 14.7. The Morgan fingerprint density at radius 2 is 0.966 bits per heavy atom. The fourth-order valence-corrected chi connectivity index (χ4v) is 13.5. The molecule has 13 rings (SSSR count). The van der Waals surface area contributed by atoms with Crippen LogP contribution in [-0.4, -0.2) is 157 Å². The summed E-state index contributed by atoms with van der Waals surface area (Å²) in [5.41, 5.74) is 29.5. The Morgan fingerprint density at radius 1 is 0.543 bits per heavy atom. The van der Waals surface area contributed by atoms with Gasteiger partial charge in [0.1, 0.15) is 81.2 Å². The third kappa shape index (κ3) is 21.6. The summed E-state index contributed by atoms with van der Waals surface area (Å²) in [7, 11) is 0. The summed E-state index contributed by atoms with van der Waals surface area (Å²) in [6, 6.07) is 30.2. The number of carbonyl (C=O) groups is 5. The Balaban J connectivity index is 0. The summed E-state index contributed by atoms with van der Waals surface area (Å²) in [6.07, 6.45) is -4.78. The van der Waals surface area contributed by atoms with E-state index in [1.54, 1.807) is 28.0 Å². The Labute approximate surface area is 676 Å². The Kier molecular flexibility index (Phi) is 27.7. The van der Waals surface area contributed by atoms with Crippen LogP contribution in [0.15, 0.2) is 159 Å². The van der Waals surface area contributed by atoms with Crippen LogP contribution in [0.1, 0.15) is 154 Å². The van der Waals surface area contributed by atoms with E-state index in [-0.39, 0.29) is 115 Å². The number of amides is 1. The van der Waals surface area contributed by atoms with Crippen LogP contribution in [0.3, 0.4) is 0 Å². The lowest BCUT2D eigenvalue weighted by molar-refractivity contribution is -0.138. The first-order valence-electron chi connectivity index (χ1n) is 36.8. The quantitative estimate of drug-likeness (QED) is 0.0238. The predicted molar refractivity (Wildman–Crippen MR) is 441 cm³/mol. The number of hydrogen-bond acceptors (Lipinski definition) is 25. The van der Waals surface area contributed by atoms with E-state index in [9.17, 15) is 67.9 Å². The number of cyclic esters (lactones) is 1. The number of nitrogen functional groups attached to an aromatic ring is 4. The summed E-state index contributed by atoms with van der Waals surface area (Å²) >= 11 is 0. The van der Waals surface area contributed by atoms with E-state index in [2.05, 4.69) is 62.4 Å². The van der Waals surface area contributed by atoms with Crippen LogP contribution >= 0.6 is 0 Å². The number of fused-ring (bicyclic) bond motifs is 1. The number of halogens is 10. The molecule has 1 amide bonds. The second kappa shape index (κ2) is 37.3. The van der Waals surface area contributed by atoms with Crippen LogP contribution in [0.4, 0.5) is 95.2 Å². The van der Waals surface area contributed by atoms with E-state index in [0.717, 1.165) is 75.6 Å². The minimum absolute atomic E-state index is 0. The second-order valence-electron chi connectivity index (χ2n) is 28.5. The fraction of sp³-hybridized carbons (Fsp3) is 0.338. The number of nitrogens with zero attached hydrogens (tertiary/aromatic N) is 11. The fourth-order valence-electron chi connectivity index (χ4n) is 13.5. The first-order valence-corrected chi connectivity index (χ1v) is 36.8. The molecule has 3 saturated heterocycles. The van der Waals surface area contributed by atoms with Gasteiger partial charge in [0.2, 0.25) is 23.1 Å². The number of anilines is 8. The van der Waals surface area contributed by atoms with Crippen molar-refractivity contribution in [2.45, 2.75) is 89.1 Å². The Hall–Kier alpha value is -12.3. The first kappa shape index (κ1) is 86.1. The number of nitrogens with one attached hydrogen (secondary N) is 3. The van der Waals surface area contributed by atoms with Gasteiger partial charge in [0.25, 0.3) is 0 Å². The van der Waals surface area contributed by atoms with Gasteiger partial charge < -0.3 is 64.9 Å². The smallest absolute Gasteiger partial charge is 0.418 e. The number of piperazine rings is 2. The van der Waals surface area contributed by atoms with Crippen molar-refractivity contribution in [1.82, 2.24) is 50.1 Å². The van der Waals surface area contributed by atoms with E-state index in [1.807, 2.05) is 56.0 Å². The molecule has 116 heavy (non-hydrogen) atoms.